The number of aryl methyl sites for hydroxylation is 1. The van der Waals surface area contributed by atoms with Crippen LogP contribution in [0.5, 0.6) is 0 Å². The molecule has 6 nitrogen and oxygen atoms in total. The van der Waals surface area contributed by atoms with Crippen LogP contribution in [0.15, 0.2) is 54.1 Å². The lowest BCUT2D eigenvalue weighted by Gasteiger charge is -2.27. The number of anilines is 1. The molecule has 0 spiro atoms. The quantitative estimate of drug-likeness (QED) is 0.378. The fourth-order valence-corrected chi connectivity index (χ4v) is 4.12. The van der Waals surface area contributed by atoms with Gasteiger partial charge in [-0.05, 0) is 68.0 Å². The van der Waals surface area contributed by atoms with Gasteiger partial charge in [-0.15, -0.1) is 0 Å². The largest absolute Gasteiger partial charge is 0.336 e. The molecule has 0 radical (unpaired) electrons. The van der Waals surface area contributed by atoms with E-state index < -0.39 is 17.8 Å². The first-order valence-corrected chi connectivity index (χ1v) is 10.6. The van der Waals surface area contributed by atoms with Crippen molar-refractivity contribution in [3.05, 3.63) is 86.1 Å². The third-order valence-electron chi connectivity index (χ3n) is 5.13. The van der Waals surface area contributed by atoms with Crippen molar-refractivity contribution >= 4 is 64.4 Å². The van der Waals surface area contributed by atoms with Crippen LogP contribution in [0.4, 0.5) is 10.5 Å². The normalized spacial score (nSPS) is 15.5. The number of halogens is 3. The Morgan fingerprint density at radius 3 is 2.31 bits per heavy atom. The molecule has 32 heavy (non-hydrogen) atoms. The molecule has 4 rings (SSSR count). The highest BCUT2D eigenvalue weighted by molar-refractivity contribution is 6.46. The van der Waals surface area contributed by atoms with Crippen LogP contribution in [0.3, 0.4) is 0 Å². The molecule has 0 atom stereocenters. The molecule has 1 N–H and O–H groups in total. The van der Waals surface area contributed by atoms with Gasteiger partial charge in [0.05, 0.1) is 15.7 Å². The highest BCUT2D eigenvalue weighted by Crippen LogP contribution is 2.34. The summed E-state index contributed by atoms with van der Waals surface area (Å²) in [6.07, 6.45) is 1.46. The first-order chi connectivity index (χ1) is 15.2. The Morgan fingerprint density at radius 1 is 0.938 bits per heavy atom. The number of nitrogens with zero attached hydrogens (tertiary/aromatic N) is 2. The van der Waals surface area contributed by atoms with E-state index in [-0.39, 0.29) is 21.3 Å². The smallest absolute Gasteiger partial charge is 0.318 e. The second kappa shape index (κ2) is 8.47. The third kappa shape index (κ3) is 3.81. The van der Waals surface area contributed by atoms with Crippen molar-refractivity contribution in [2.45, 2.75) is 13.8 Å². The van der Waals surface area contributed by atoms with Gasteiger partial charge in [-0.3, -0.25) is 14.9 Å². The van der Waals surface area contributed by atoms with Gasteiger partial charge < -0.3 is 4.57 Å². The van der Waals surface area contributed by atoms with Gasteiger partial charge in [-0.1, -0.05) is 40.9 Å². The second-order valence-corrected chi connectivity index (χ2v) is 8.39. The van der Waals surface area contributed by atoms with Gasteiger partial charge in [0.1, 0.15) is 5.57 Å². The zero-order valence-corrected chi connectivity index (χ0v) is 19.2. The van der Waals surface area contributed by atoms with Crippen LogP contribution in [0, 0.1) is 13.8 Å². The number of amides is 4. The van der Waals surface area contributed by atoms with Crippen molar-refractivity contribution in [2.75, 3.05) is 4.90 Å². The molecule has 0 bridgehead atoms. The zero-order valence-electron chi connectivity index (χ0n) is 16.9. The number of hydrogen-bond acceptors (Lipinski definition) is 3. The van der Waals surface area contributed by atoms with Gasteiger partial charge in [0, 0.05) is 22.1 Å². The van der Waals surface area contributed by atoms with Crippen molar-refractivity contribution in [1.82, 2.24) is 9.88 Å². The van der Waals surface area contributed by atoms with Gasteiger partial charge in [-0.25, -0.2) is 9.69 Å². The SMILES string of the molecule is Cc1cc(/C=C2\C(=O)NC(=O)N(c3cccc(Cl)c3Cl)C2=O)c(C)n1-c1ccc(Cl)cc1. The topological polar surface area (TPSA) is 71.4 Å². The minimum atomic E-state index is -0.895. The number of aromatic nitrogens is 1. The van der Waals surface area contributed by atoms with E-state index in [4.69, 9.17) is 34.8 Å². The lowest BCUT2D eigenvalue weighted by Crippen LogP contribution is -2.54. The summed E-state index contributed by atoms with van der Waals surface area (Å²) in [5.74, 6) is -1.58. The Hall–Kier alpha value is -3.06. The lowest BCUT2D eigenvalue weighted by atomic mass is 10.1. The monoisotopic (exact) mass is 487 g/mol. The lowest BCUT2D eigenvalue weighted by molar-refractivity contribution is -0.122. The number of nitrogens with one attached hydrogen (secondary N) is 1. The fraction of sp³-hybridized carbons (Fsp3) is 0.0870. The molecule has 4 amide bonds. The molecule has 1 aliphatic heterocycles. The Morgan fingerprint density at radius 2 is 1.62 bits per heavy atom. The number of imide groups is 2. The van der Waals surface area contributed by atoms with E-state index in [0.29, 0.717) is 10.6 Å². The van der Waals surface area contributed by atoms with E-state index in [1.165, 1.54) is 18.2 Å². The van der Waals surface area contributed by atoms with Crippen LogP contribution in [0.25, 0.3) is 11.8 Å². The van der Waals surface area contributed by atoms with Gasteiger partial charge in [0.25, 0.3) is 11.8 Å². The summed E-state index contributed by atoms with van der Waals surface area (Å²) in [4.78, 5) is 39.0. The molecular weight excluding hydrogens is 473 g/mol. The number of carbonyl (C=O) groups is 3. The molecule has 3 aromatic rings. The molecule has 9 heteroatoms. The standard InChI is InChI=1S/C23H16Cl3N3O3/c1-12-10-14(13(2)28(12)16-8-6-15(24)7-9-16)11-17-21(30)27-23(32)29(22(17)31)19-5-3-4-18(25)20(19)26/h3-11H,1-2H3,(H,27,30,32)/b17-11+. The molecule has 1 saturated heterocycles. The summed E-state index contributed by atoms with van der Waals surface area (Å²) in [6.45, 7) is 3.78. The number of benzene rings is 2. The number of barbiturate groups is 1. The van der Waals surface area contributed by atoms with E-state index in [1.54, 1.807) is 18.2 Å². The minimum Gasteiger partial charge on any atom is -0.318 e. The van der Waals surface area contributed by atoms with Crippen molar-refractivity contribution in [3.63, 3.8) is 0 Å². The van der Waals surface area contributed by atoms with E-state index >= 15 is 0 Å². The predicted octanol–water partition coefficient (Wildman–Crippen LogP) is 5.72. The highest BCUT2D eigenvalue weighted by Gasteiger charge is 2.38. The highest BCUT2D eigenvalue weighted by atomic mass is 35.5. The number of urea groups is 1. The first kappa shape index (κ1) is 22.1. The summed E-state index contributed by atoms with van der Waals surface area (Å²) in [7, 11) is 0. The van der Waals surface area contributed by atoms with Crippen LogP contribution in [-0.4, -0.2) is 22.4 Å². The van der Waals surface area contributed by atoms with Crippen LogP contribution >= 0.6 is 34.8 Å². The summed E-state index contributed by atoms with van der Waals surface area (Å²) in [5, 5.41) is 3.02. The Bertz CT molecular complexity index is 1310. The Balaban J connectivity index is 1.78. The molecule has 0 aliphatic carbocycles. The maximum absolute atomic E-state index is 13.2. The number of carbonyl (C=O) groups excluding carboxylic acids is 3. The van der Waals surface area contributed by atoms with E-state index in [9.17, 15) is 14.4 Å². The van der Waals surface area contributed by atoms with Crippen LogP contribution < -0.4 is 10.2 Å². The van der Waals surface area contributed by atoms with Crippen LogP contribution in [0.2, 0.25) is 15.1 Å². The van der Waals surface area contributed by atoms with Crippen molar-refractivity contribution in [3.8, 4) is 5.69 Å². The second-order valence-electron chi connectivity index (χ2n) is 7.17. The molecule has 0 saturated carbocycles. The zero-order chi connectivity index (χ0) is 23.2. The first-order valence-electron chi connectivity index (χ1n) is 9.49. The van der Waals surface area contributed by atoms with Crippen molar-refractivity contribution < 1.29 is 14.4 Å². The molecule has 1 aromatic heterocycles. The molecule has 1 aliphatic rings. The number of hydrogen-bond donors (Lipinski definition) is 1. The van der Waals surface area contributed by atoms with Crippen LogP contribution in [0.1, 0.15) is 17.0 Å². The Labute approximate surface area is 199 Å². The van der Waals surface area contributed by atoms with E-state index in [2.05, 4.69) is 5.32 Å². The van der Waals surface area contributed by atoms with Gasteiger partial charge in [0.2, 0.25) is 0 Å². The van der Waals surface area contributed by atoms with Crippen LogP contribution in [-0.2, 0) is 9.59 Å². The van der Waals surface area contributed by atoms with Gasteiger partial charge in [0.15, 0.2) is 0 Å². The maximum Gasteiger partial charge on any atom is 0.336 e. The summed E-state index contributed by atoms with van der Waals surface area (Å²) >= 11 is 18.2. The molecule has 162 valence electrons. The molecular formula is C23H16Cl3N3O3. The summed E-state index contributed by atoms with van der Waals surface area (Å²) < 4.78 is 1.98. The molecule has 1 fully saturated rings. The average molecular weight is 489 g/mol. The van der Waals surface area contributed by atoms with Gasteiger partial charge in [-0.2, -0.15) is 0 Å². The third-order valence-corrected chi connectivity index (χ3v) is 6.19. The maximum atomic E-state index is 13.2. The molecule has 2 heterocycles. The van der Waals surface area contributed by atoms with E-state index in [0.717, 1.165) is 22.0 Å². The van der Waals surface area contributed by atoms with Crippen molar-refractivity contribution in [1.29, 1.82) is 0 Å². The average Bonchev–Trinajstić information content (AvgIpc) is 3.02. The Kier molecular flexibility index (Phi) is 5.86. The summed E-state index contributed by atoms with van der Waals surface area (Å²) in [5.41, 5.74) is 3.13. The predicted molar refractivity (Wildman–Crippen MR) is 126 cm³/mol. The molecule has 2 aromatic carbocycles. The van der Waals surface area contributed by atoms with Crippen molar-refractivity contribution in [2.24, 2.45) is 0 Å². The fourth-order valence-electron chi connectivity index (χ4n) is 3.62. The number of rotatable bonds is 3. The molecule has 0 unspecified atom stereocenters. The van der Waals surface area contributed by atoms with Gasteiger partial charge >= 0.3 is 6.03 Å². The van der Waals surface area contributed by atoms with E-state index in [1.807, 2.05) is 36.6 Å². The summed E-state index contributed by atoms with van der Waals surface area (Å²) in [6, 6.07) is 12.8. The minimum absolute atomic E-state index is 0.0345.